The average Bonchev–Trinajstić information content (AvgIpc) is 2.73. The molecule has 2 atom stereocenters. The highest BCUT2D eigenvalue weighted by atomic mass is 16.6. The number of benzene rings is 1. The molecule has 0 aromatic heterocycles. The van der Waals surface area contributed by atoms with Crippen molar-refractivity contribution < 1.29 is 19.1 Å². The molecule has 0 aliphatic carbocycles. The van der Waals surface area contributed by atoms with Crippen LogP contribution in [0.5, 0.6) is 0 Å². The predicted octanol–water partition coefficient (Wildman–Crippen LogP) is 4.80. The summed E-state index contributed by atoms with van der Waals surface area (Å²) in [6.07, 6.45) is 2.99. The maximum absolute atomic E-state index is 13.4. The van der Waals surface area contributed by atoms with Gasteiger partial charge in [-0.15, -0.1) is 0 Å². The van der Waals surface area contributed by atoms with E-state index in [0.717, 1.165) is 36.0 Å². The fraction of sp³-hybridized carbons (Fsp3) is 0.654. The molecule has 7 heteroatoms. The smallest absolute Gasteiger partial charge is 0.408 e. The summed E-state index contributed by atoms with van der Waals surface area (Å²) in [4.78, 5) is 40.5. The van der Waals surface area contributed by atoms with E-state index in [1.807, 2.05) is 45.9 Å². The van der Waals surface area contributed by atoms with Crippen LogP contribution in [0.15, 0.2) is 18.2 Å². The summed E-state index contributed by atoms with van der Waals surface area (Å²) in [7, 11) is 0. The van der Waals surface area contributed by atoms with E-state index in [1.165, 1.54) is 0 Å². The number of amides is 3. The molecule has 0 spiro atoms. The summed E-state index contributed by atoms with van der Waals surface area (Å²) in [6.45, 7) is 15.5. The SMILES string of the molecule is CCCCCNC(=O)C(c1cc(C)ccc1C)N(C(=O)CNC(=O)OC(C)(C)C)C(C)CC. The van der Waals surface area contributed by atoms with Crippen LogP contribution < -0.4 is 10.6 Å². The first kappa shape index (κ1) is 28.5. The summed E-state index contributed by atoms with van der Waals surface area (Å²) < 4.78 is 5.26. The molecule has 3 amide bonds. The van der Waals surface area contributed by atoms with E-state index in [-0.39, 0.29) is 24.4 Å². The zero-order valence-electron chi connectivity index (χ0n) is 21.7. The first-order valence-corrected chi connectivity index (χ1v) is 12.0. The largest absolute Gasteiger partial charge is 0.444 e. The van der Waals surface area contributed by atoms with Crippen LogP contribution in [0.2, 0.25) is 0 Å². The van der Waals surface area contributed by atoms with Gasteiger partial charge >= 0.3 is 6.09 Å². The van der Waals surface area contributed by atoms with Gasteiger partial charge in [0.05, 0.1) is 0 Å². The number of unbranched alkanes of at least 4 members (excludes halogenated alkanes) is 2. The number of carbonyl (C=O) groups is 3. The second kappa shape index (κ2) is 13.2. The minimum absolute atomic E-state index is 0.203. The average molecular weight is 462 g/mol. The van der Waals surface area contributed by atoms with Crippen LogP contribution in [0.25, 0.3) is 0 Å². The van der Waals surface area contributed by atoms with Crippen LogP contribution in [0.3, 0.4) is 0 Å². The van der Waals surface area contributed by atoms with E-state index in [0.29, 0.717) is 13.0 Å². The highest BCUT2D eigenvalue weighted by Gasteiger charge is 2.35. The molecule has 0 saturated heterocycles. The molecule has 7 nitrogen and oxygen atoms in total. The molecular weight excluding hydrogens is 418 g/mol. The maximum Gasteiger partial charge on any atom is 0.408 e. The molecule has 0 fully saturated rings. The van der Waals surface area contributed by atoms with Gasteiger partial charge in [-0.1, -0.05) is 50.5 Å². The molecule has 33 heavy (non-hydrogen) atoms. The number of nitrogens with zero attached hydrogens (tertiary/aromatic N) is 1. The van der Waals surface area contributed by atoms with Crippen molar-refractivity contribution in [3.63, 3.8) is 0 Å². The van der Waals surface area contributed by atoms with Gasteiger partial charge < -0.3 is 20.3 Å². The van der Waals surface area contributed by atoms with Crippen molar-refractivity contribution in [3.05, 3.63) is 34.9 Å². The van der Waals surface area contributed by atoms with E-state index in [1.54, 1.807) is 25.7 Å². The van der Waals surface area contributed by atoms with Crippen LogP contribution in [-0.4, -0.2) is 47.5 Å². The maximum atomic E-state index is 13.4. The van der Waals surface area contributed by atoms with Crippen LogP contribution >= 0.6 is 0 Å². The summed E-state index contributed by atoms with van der Waals surface area (Å²) in [5.41, 5.74) is 2.09. The fourth-order valence-electron chi connectivity index (χ4n) is 3.55. The molecule has 0 radical (unpaired) electrons. The second-order valence-electron chi connectivity index (χ2n) is 9.67. The summed E-state index contributed by atoms with van der Waals surface area (Å²) in [5, 5.41) is 5.57. The van der Waals surface area contributed by atoms with Gasteiger partial charge in [-0.3, -0.25) is 9.59 Å². The number of aryl methyl sites for hydroxylation is 2. The monoisotopic (exact) mass is 461 g/mol. The third-order valence-electron chi connectivity index (χ3n) is 5.47. The lowest BCUT2D eigenvalue weighted by atomic mass is 9.95. The quantitative estimate of drug-likeness (QED) is 0.463. The molecule has 0 heterocycles. The number of hydrogen-bond donors (Lipinski definition) is 2. The number of ether oxygens (including phenoxy) is 1. The van der Waals surface area contributed by atoms with E-state index < -0.39 is 17.7 Å². The van der Waals surface area contributed by atoms with Crippen LogP contribution in [0.1, 0.15) is 90.0 Å². The van der Waals surface area contributed by atoms with Gasteiger partial charge in [0.2, 0.25) is 11.8 Å². The van der Waals surface area contributed by atoms with Crippen molar-refractivity contribution in [1.82, 2.24) is 15.5 Å². The molecule has 2 N–H and O–H groups in total. The first-order chi connectivity index (χ1) is 15.4. The Kier molecular flexibility index (Phi) is 11.4. The molecule has 0 aliphatic heterocycles. The Balaban J connectivity index is 3.25. The number of hydrogen-bond acceptors (Lipinski definition) is 4. The Bertz CT molecular complexity index is 801. The standard InChI is InChI=1S/C26H43N3O4/c1-9-11-12-15-27-24(31)23(21-16-18(3)13-14-19(21)4)29(20(5)10-2)22(30)17-28-25(32)33-26(6,7)8/h13-14,16,20,23H,9-12,15,17H2,1-8H3,(H,27,31)(H,28,32). The zero-order valence-corrected chi connectivity index (χ0v) is 21.7. The Morgan fingerprint density at radius 2 is 1.73 bits per heavy atom. The van der Waals surface area contributed by atoms with Gasteiger partial charge in [0, 0.05) is 12.6 Å². The topological polar surface area (TPSA) is 87.7 Å². The second-order valence-corrected chi connectivity index (χ2v) is 9.67. The van der Waals surface area contributed by atoms with Crippen molar-refractivity contribution in [3.8, 4) is 0 Å². The van der Waals surface area contributed by atoms with E-state index in [4.69, 9.17) is 4.74 Å². The fourth-order valence-corrected chi connectivity index (χ4v) is 3.55. The van der Waals surface area contributed by atoms with E-state index >= 15 is 0 Å². The van der Waals surface area contributed by atoms with Gasteiger partial charge in [-0.25, -0.2) is 4.79 Å². The third kappa shape index (κ3) is 9.44. The van der Waals surface area contributed by atoms with Crippen LogP contribution in [0.4, 0.5) is 4.79 Å². The van der Waals surface area contributed by atoms with Crippen molar-refractivity contribution in [1.29, 1.82) is 0 Å². The Labute approximate surface area is 199 Å². The summed E-state index contributed by atoms with van der Waals surface area (Å²) in [5.74, 6) is -0.532. The lowest BCUT2D eigenvalue weighted by molar-refractivity contribution is -0.142. The van der Waals surface area contributed by atoms with Crippen molar-refractivity contribution in [2.75, 3.05) is 13.1 Å². The van der Waals surface area contributed by atoms with Gasteiger partial charge in [0.1, 0.15) is 18.2 Å². The van der Waals surface area contributed by atoms with Gasteiger partial charge in [-0.2, -0.15) is 0 Å². The first-order valence-electron chi connectivity index (χ1n) is 12.0. The van der Waals surface area contributed by atoms with Gasteiger partial charge in [0.15, 0.2) is 0 Å². The summed E-state index contributed by atoms with van der Waals surface area (Å²) >= 11 is 0. The lowest BCUT2D eigenvalue weighted by Gasteiger charge is -2.36. The molecule has 0 aliphatic rings. The Morgan fingerprint density at radius 3 is 2.30 bits per heavy atom. The third-order valence-corrected chi connectivity index (χ3v) is 5.47. The molecule has 2 unspecified atom stereocenters. The zero-order chi connectivity index (χ0) is 25.2. The number of nitrogens with one attached hydrogen (secondary N) is 2. The van der Waals surface area contributed by atoms with Crippen LogP contribution in [0, 0.1) is 13.8 Å². The predicted molar refractivity (Wildman–Crippen MR) is 132 cm³/mol. The number of alkyl carbamates (subject to hydrolysis) is 1. The lowest BCUT2D eigenvalue weighted by Crippen LogP contribution is -2.51. The summed E-state index contributed by atoms with van der Waals surface area (Å²) in [6, 6.07) is 4.95. The van der Waals surface area contributed by atoms with Gasteiger partial charge in [-0.05, 0) is 65.5 Å². The molecular formula is C26H43N3O4. The number of carbonyl (C=O) groups excluding carboxylic acids is 3. The molecule has 0 bridgehead atoms. The Morgan fingerprint density at radius 1 is 1.06 bits per heavy atom. The van der Waals surface area contributed by atoms with Gasteiger partial charge in [0.25, 0.3) is 0 Å². The van der Waals surface area contributed by atoms with E-state index in [9.17, 15) is 14.4 Å². The molecule has 0 saturated carbocycles. The normalized spacial score (nSPS) is 13.1. The van der Waals surface area contributed by atoms with E-state index in [2.05, 4.69) is 17.6 Å². The van der Waals surface area contributed by atoms with Crippen molar-refractivity contribution in [2.45, 2.75) is 98.8 Å². The molecule has 1 rings (SSSR count). The minimum Gasteiger partial charge on any atom is -0.444 e. The highest BCUT2D eigenvalue weighted by molar-refractivity contribution is 5.91. The minimum atomic E-state index is -0.783. The molecule has 1 aromatic carbocycles. The van der Waals surface area contributed by atoms with Crippen molar-refractivity contribution >= 4 is 17.9 Å². The molecule has 1 aromatic rings. The highest BCUT2D eigenvalue weighted by Crippen LogP contribution is 2.28. The number of rotatable bonds is 11. The Hall–Kier alpha value is -2.57. The van der Waals surface area contributed by atoms with Crippen LogP contribution in [-0.2, 0) is 14.3 Å². The van der Waals surface area contributed by atoms with Crippen molar-refractivity contribution in [2.24, 2.45) is 0 Å². The molecule has 186 valence electrons.